The first-order chi connectivity index (χ1) is 10.7. The summed E-state index contributed by atoms with van der Waals surface area (Å²) in [6, 6.07) is 15.9. The van der Waals surface area contributed by atoms with Crippen LogP contribution in [0, 0.1) is 13.8 Å². The molecule has 1 aromatic heterocycles. The van der Waals surface area contributed by atoms with Crippen LogP contribution < -0.4 is 4.90 Å². The van der Waals surface area contributed by atoms with Crippen LogP contribution in [0.5, 0.6) is 0 Å². The maximum atomic E-state index is 11.5. The number of carbonyl (C=O) groups is 1. The van der Waals surface area contributed by atoms with E-state index in [0.29, 0.717) is 5.13 Å². The molecule has 3 nitrogen and oxygen atoms in total. The van der Waals surface area contributed by atoms with Gasteiger partial charge in [0.15, 0.2) is 5.13 Å². The number of anilines is 2. The maximum Gasteiger partial charge on any atom is 0.220 e. The summed E-state index contributed by atoms with van der Waals surface area (Å²) in [6.07, 6.45) is 0.817. The third kappa shape index (κ3) is 2.78. The number of amides is 1. The summed E-state index contributed by atoms with van der Waals surface area (Å²) in [6.45, 7) is 4.10. The van der Waals surface area contributed by atoms with Gasteiger partial charge in [0, 0.05) is 10.9 Å². The summed E-state index contributed by atoms with van der Waals surface area (Å²) < 4.78 is 0. The summed E-state index contributed by atoms with van der Waals surface area (Å²) in [5.41, 5.74) is 5.14. The monoisotopic (exact) mass is 308 g/mol. The fourth-order valence-electron chi connectivity index (χ4n) is 2.21. The predicted molar refractivity (Wildman–Crippen MR) is 91.7 cm³/mol. The van der Waals surface area contributed by atoms with Gasteiger partial charge in [0.1, 0.15) is 0 Å². The number of nitrogens with zero attached hydrogens (tertiary/aromatic N) is 2. The quantitative estimate of drug-likeness (QED) is 0.653. The molecular formula is C18H16N2OS. The van der Waals surface area contributed by atoms with Gasteiger partial charge in [-0.3, -0.25) is 9.69 Å². The zero-order valence-electron chi connectivity index (χ0n) is 12.5. The van der Waals surface area contributed by atoms with Crippen molar-refractivity contribution in [1.29, 1.82) is 0 Å². The van der Waals surface area contributed by atoms with Gasteiger partial charge in [-0.25, -0.2) is 4.98 Å². The van der Waals surface area contributed by atoms with Crippen molar-refractivity contribution in [2.24, 2.45) is 0 Å². The number of thiazole rings is 1. The lowest BCUT2D eigenvalue weighted by Gasteiger charge is -2.15. The normalized spacial score (nSPS) is 10.5. The average Bonchev–Trinajstić information content (AvgIpc) is 3.02. The number of carbonyl (C=O) groups excluding carboxylic acids is 1. The highest BCUT2D eigenvalue weighted by Gasteiger charge is 2.14. The van der Waals surface area contributed by atoms with E-state index in [1.807, 2.05) is 60.8 Å². The second-order valence-electron chi connectivity index (χ2n) is 5.13. The molecule has 0 aliphatic heterocycles. The van der Waals surface area contributed by atoms with Gasteiger partial charge >= 0.3 is 0 Å². The molecule has 0 atom stereocenters. The lowest BCUT2D eigenvalue weighted by Crippen LogP contribution is -2.14. The van der Waals surface area contributed by atoms with Crippen LogP contribution in [0.25, 0.3) is 11.3 Å². The Morgan fingerprint density at radius 1 is 1.05 bits per heavy atom. The van der Waals surface area contributed by atoms with Crippen LogP contribution >= 0.6 is 11.3 Å². The molecular weight excluding hydrogens is 292 g/mol. The zero-order valence-corrected chi connectivity index (χ0v) is 13.3. The molecule has 0 aliphatic carbocycles. The molecule has 0 saturated heterocycles. The van der Waals surface area contributed by atoms with Gasteiger partial charge in [0.05, 0.1) is 11.4 Å². The van der Waals surface area contributed by atoms with Gasteiger partial charge in [0.25, 0.3) is 0 Å². The van der Waals surface area contributed by atoms with E-state index < -0.39 is 0 Å². The number of benzene rings is 2. The van der Waals surface area contributed by atoms with Crippen molar-refractivity contribution >= 4 is 28.6 Å². The van der Waals surface area contributed by atoms with Gasteiger partial charge in [-0.15, -0.1) is 11.3 Å². The summed E-state index contributed by atoms with van der Waals surface area (Å²) in [5, 5.41) is 2.65. The molecule has 0 aliphatic rings. The molecule has 2 aromatic carbocycles. The molecule has 0 radical (unpaired) electrons. The van der Waals surface area contributed by atoms with E-state index in [0.717, 1.165) is 28.9 Å². The standard InChI is InChI=1S/C18H16N2OS/c1-13-8-9-16(10-14(13)2)20(12-21)18-19-17(11-22-18)15-6-4-3-5-7-15/h3-12H,1-2H3. The van der Waals surface area contributed by atoms with Gasteiger partial charge < -0.3 is 0 Å². The fourth-order valence-corrected chi connectivity index (χ4v) is 3.03. The van der Waals surface area contributed by atoms with E-state index in [1.54, 1.807) is 4.90 Å². The molecule has 110 valence electrons. The van der Waals surface area contributed by atoms with Crippen molar-refractivity contribution < 1.29 is 4.79 Å². The predicted octanol–water partition coefficient (Wildman–Crippen LogP) is 4.72. The smallest absolute Gasteiger partial charge is 0.220 e. The molecule has 0 bridgehead atoms. The molecule has 1 amide bonds. The van der Waals surface area contributed by atoms with Gasteiger partial charge in [-0.05, 0) is 37.1 Å². The van der Waals surface area contributed by atoms with Crippen molar-refractivity contribution in [3.8, 4) is 11.3 Å². The maximum absolute atomic E-state index is 11.5. The Morgan fingerprint density at radius 3 is 2.50 bits per heavy atom. The Hall–Kier alpha value is -2.46. The largest absolute Gasteiger partial charge is 0.278 e. The topological polar surface area (TPSA) is 33.2 Å². The summed E-state index contributed by atoms with van der Waals surface area (Å²) in [4.78, 5) is 17.7. The van der Waals surface area contributed by atoms with Crippen LogP contribution in [0.1, 0.15) is 11.1 Å². The second kappa shape index (κ2) is 6.12. The number of hydrogen-bond acceptors (Lipinski definition) is 3. The van der Waals surface area contributed by atoms with Crippen LogP contribution in [0.15, 0.2) is 53.9 Å². The zero-order chi connectivity index (χ0) is 15.5. The summed E-state index contributed by atoms with van der Waals surface area (Å²) in [5.74, 6) is 0. The Kier molecular flexibility index (Phi) is 4.02. The van der Waals surface area contributed by atoms with E-state index in [4.69, 9.17) is 0 Å². The lowest BCUT2D eigenvalue weighted by molar-refractivity contribution is -0.106. The minimum Gasteiger partial charge on any atom is -0.278 e. The summed E-state index contributed by atoms with van der Waals surface area (Å²) >= 11 is 1.47. The number of aromatic nitrogens is 1. The van der Waals surface area contributed by atoms with E-state index >= 15 is 0 Å². The van der Waals surface area contributed by atoms with Crippen LogP contribution in [0.3, 0.4) is 0 Å². The van der Waals surface area contributed by atoms with Crippen LogP contribution in [0.4, 0.5) is 10.8 Å². The third-order valence-corrected chi connectivity index (χ3v) is 4.48. The first-order valence-corrected chi connectivity index (χ1v) is 7.90. The van der Waals surface area contributed by atoms with E-state index in [1.165, 1.54) is 16.9 Å². The molecule has 0 N–H and O–H groups in total. The van der Waals surface area contributed by atoms with Crippen molar-refractivity contribution in [2.75, 3.05) is 4.90 Å². The minimum absolute atomic E-state index is 0.678. The minimum atomic E-state index is 0.678. The molecule has 0 saturated carbocycles. The molecule has 0 fully saturated rings. The highest BCUT2D eigenvalue weighted by atomic mass is 32.1. The molecule has 0 unspecified atom stereocenters. The molecule has 3 rings (SSSR count). The van der Waals surface area contributed by atoms with Gasteiger partial charge in [0.2, 0.25) is 6.41 Å². The van der Waals surface area contributed by atoms with Crippen LogP contribution in [0.2, 0.25) is 0 Å². The fraction of sp³-hybridized carbons (Fsp3) is 0.111. The Morgan fingerprint density at radius 2 is 1.82 bits per heavy atom. The molecule has 0 spiro atoms. The third-order valence-electron chi connectivity index (χ3n) is 3.64. The number of rotatable bonds is 4. The highest BCUT2D eigenvalue weighted by Crippen LogP contribution is 2.31. The highest BCUT2D eigenvalue weighted by molar-refractivity contribution is 7.14. The Balaban J connectivity index is 1.96. The van der Waals surface area contributed by atoms with E-state index in [-0.39, 0.29) is 0 Å². The van der Waals surface area contributed by atoms with Crippen LogP contribution in [-0.2, 0) is 4.79 Å². The second-order valence-corrected chi connectivity index (χ2v) is 5.96. The van der Waals surface area contributed by atoms with Crippen molar-refractivity contribution in [1.82, 2.24) is 4.98 Å². The van der Waals surface area contributed by atoms with Crippen LogP contribution in [-0.4, -0.2) is 11.4 Å². The van der Waals surface area contributed by atoms with Crippen molar-refractivity contribution in [3.63, 3.8) is 0 Å². The summed E-state index contributed by atoms with van der Waals surface area (Å²) in [7, 11) is 0. The van der Waals surface area contributed by atoms with E-state index in [9.17, 15) is 4.79 Å². The lowest BCUT2D eigenvalue weighted by atomic mass is 10.1. The Bertz CT molecular complexity index is 796. The van der Waals surface area contributed by atoms with E-state index in [2.05, 4.69) is 11.9 Å². The SMILES string of the molecule is Cc1ccc(N(C=O)c2nc(-c3ccccc3)cs2)cc1C. The number of aryl methyl sites for hydroxylation is 2. The van der Waals surface area contributed by atoms with Crippen molar-refractivity contribution in [2.45, 2.75) is 13.8 Å². The molecule has 4 heteroatoms. The number of hydrogen-bond donors (Lipinski definition) is 0. The Labute approximate surface area is 133 Å². The van der Waals surface area contributed by atoms with Gasteiger partial charge in [-0.1, -0.05) is 36.4 Å². The van der Waals surface area contributed by atoms with Crippen molar-refractivity contribution in [3.05, 3.63) is 65.0 Å². The van der Waals surface area contributed by atoms with Gasteiger partial charge in [-0.2, -0.15) is 0 Å². The molecule has 1 heterocycles. The molecule has 3 aromatic rings. The first kappa shape index (κ1) is 14.5. The average molecular weight is 308 g/mol. The first-order valence-electron chi connectivity index (χ1n) is 7.02. The molecule has 22 heavy (non-hydrogen) atoms.